The number of hydrogen-bond donors (Lipinski definition) is 3. The number of ether oxygens (including phenoxy) is 5. The summed E-state index contributed by atoms with van der Waals surface area (Å²) in [7, 11) is 0. The third-order valence-electron chi connectivity index (χ3n) is 11.6. The van der Waals surface area contributed by atoms with Gasteiger partial charge in [0, 0.05) is 12.8 Å². The molecule has 1 fully saturated rings. The first-order chi connectivity index (χ1) is 34.6. The van der Waals surface area contributed by atoms with Crippen molar-refractivity contribution in [3.63, 3.8) is 0 Å². The summed E-state index contributed by atoms with van der Waals surface area (Å²) in [4.78, 5) is 50.9. The van der Waals surface area contributed by atoms with Crippen LogP contribution >= 0.6 is 0 Å². The van der Waals surface area contributed by atoms with Gasteiger partial charge in [0.1, 0.15) is 18.8 Å². The van der Waals surface area contributed by atoms with E-state index in [2.05, 4.69) is 99.8 Å². The second-order valence-electron chi connectivity index (χ2n) is 18.1. The Balaban J connectivity index is 2.80. The molecular formula is C59H94O12. The second-order valence-corrected chi connectivity index (χ2v) is 18.1. The summed E-state index contributed by atoms with van der Waals surface area (Å²) in [5, 5.41) is 31.4. The van der Waals surface area contributed by atoms with Crippen molar-refractivity contribution in [2.75, 3.05) is 13.2 Å². The number of hydrogen-bond acceptors (Lipinski definition) is 11. The van der Waals surface area contributed by atoms with E-state index in [0.717, 1.165) is 116 Å². The van der Waals surface area contributed by atoms with Gasteiger partial charge in [0.2, 0.25) is 0 Å². The monoisotopic (exact) mass is 995 g/mol. The smallest absolute Gasteiger partial charge is 0.335 e. The highest BCUT2D eigenvalue weighted by atomic mass is 16.7. The average molecular weight is 995 g/mol. The first-order valence-corrected chi connectivity index (χ1v) is 27.2. The van der Waals surface area contributed by atoms with Gasteiger partial charge in [-0.05, 0) is 96.3 Å². The fourth-order valence-electron chi connectivity index (χ4n) is 7.47. The van der Waals surface area contributed by atoms with Gasteiger partial charge in [0.25, 0.3) is 0 Å². The zero-order valence-corrected chi connectivity index (χ0v) is 43.9. The first-order valence-electron chi connectivity index (χ1n) is 27.2. The predicted octanol–water partition coefficient (Wildman–Crippen LogP) is 13.3. The number of aliphatic carboxylic acids is 1. The fourth-order valence-corrected chi connectivity index (χ4v) is 7.47. The van der Waals surface area contributed by atoms with Crippen molar-refractivity contribution in [1.29, 1.82) is 0 Å². The Morgan fingerprint density at radius 1 is 0.493 bits per heavy atom. The van der Waals surface area contributed by atoms with Gasteiger partial charge in [-0.1, -0.05) is 182 Å². The van der Waals surface area contributed by atoms with Crippen molar-refractivity contribution in [2.24, 2.45) is 0 Å². The van der Waals surface area contributed by atoms with Crippen molar-refractivity contribution >= 4 is 23.9 Å². The summed E-state index contributed by atoms with van der Waals surface area (Å²) in [6.07, 6.45) is 48.4. The molecule has 0 bridgehead atoms. The largest absolute Gasteiger partial charge is 0.479 e. The Labute approximate surface area is 428 Å². The Morgan fingerprint density at radius 2 is 0.958 bits per heavy atom. The fraction of sp³-hybridized carbons (Fsp3) is 0.661. The molecule has 12 nitrogen and oxygen atoms in total. The summed E-state index contributed by atoms with van der Waals surface area (Å²) in [6.45, 7) is 5.66. The van der Waals surface area contributed by atoms with Crippen LogP contribution in [0.3, 0.4) is 0 Å². The topological polar surface area (TPSA) is 175 Å². The number of esters is 3. The van der Waals surface area contributed by atoms with Crippen LogP contribution < -0.4 is 0 Å². The quantitative estimate of drug-likeness (QED) is 0.0228. The Bertz CT molecular complexity index is 1610. The van der Waals surface area contributed by atoms with Crippen LogP contribution in [0.2, 0.25) is 0 Å². The van der Waals surface area contributed by atoms with Gasteiger partial charge in [-0.3, -0.25) is 14.4 Å². The van der Waals surface area contributed by atoms with Crippen LogP contribution in [-0.4, -0.2) is 89.2 Å². The van der Waals surface area contributed by atoms with Gasteiger partial charge >= 0.3 is 23.9 Å². The minimum atomic E-state index is -1.92. The number of carbonyl (C=O) groups excluding carboxylic acids is 3. The van der Waals surface area contributed by atoms with Gasteiger partial charge in [-0.2, -0.15) is 0 Å². The summed E-state index contributed by atoms with van der Waals surface area (Å²) in [5.41, 5.74) is 0. The van der Waals surface area contributed by atoms with Crippen molar-refractivity contribution in [1.82, 2.24) is 0 Å². The molecule has 71 heavy (non-hydrogen) atoms. The Kier molecular flexibility index (Phi) is 42.5. The maximum Gasteiger partial charge on any atom is 0.335 e. The lowest BCUT2D eigenvalue weighted by molar-refractivity contribution is -0.301. The van der Waals surface area contributed by atoms with Crippen LogP contribution in [0.4, 0.5) is 0 Å². The van der Waals surface area contributed by atoms with Crippen molar-refractivity contribution < 1.29 is 58.2 Å². The number of carbonyl (C=O) groups is 4. The van der Waals surface area contributed by atoms with Crippen molar-refractivity contribution in [3.8, 4) is 0 Å². The van der Waals surface area contributed by atoms with Crippen LogP contribution in [0.15, 0.2) is 97.2 Å². The molecule has 402 valence electrons. The minimum Gasteiger partial charge on any atom is -0.479 e. The predicted molar refractivity (Wildman–Crippen MR) is 284 cm³/mol. The van der Waals surface area contributed by atoms with Crippen LogP contribution in [0.25, 0.3) is 0 Å². The number of allylic oxidation sites excluding steroid dienone is 15. The molecule has 12 heteroatoms. The zero-order chi connectivity index (χ0) is 51.8. The molecule has 0 aromatic rings. The maximum absolute atomic E-state index is 13.1. The Morgan fingerprint density at radius 3 is 1.49 bits per heavy atom. The lowest BCUT2D eigenvalue weighted by Gasteiger charge is -2.40. The molecular weight excluding hydrogens is 901 g/mol. The van der Waals surface area contributed by atoms with Crippen LogP contribution in [0, 0.1) is 0 Å². The molecule has 3 N–H and O–H groups in total. The lowest BCUT2D eigenvalue weighted by Crippen LogP contribution is -2.61. The standard InChI is InChI=1S/C59H94O12/c1-4-7-10-13-16-19-22-25-26-29-30-33-36-39-42-45-51(60)67-48-50(69-52(61)46-43-40-37-34-31-27-23-20-17-14-11-8-5-2)49-68-59-57(55(64)54(63)56(71-59)58(65)66)70-53(62)47-44-41-38-35-32-28-24-21-18-15-12-9-6-3/h7,10,12,15-16,19-21,23-26,30,33,39,42,50,54-57,59,63-64H,4-6,8-9,11,13-14,17-18,22,27-29,31-32,34-38,40-41,43-49H2,1-3H3,(H,65,66)/b10-7-,15-12-,19-16-,23-20-,24-21-,26-25-,33-30-,42-39-. The highest BCUT2D eigenvalue weighted by Crippen LogP contribution is 2.26. The van der Waals surface area contributed by atoms with Crippen LogP contribution in [0.1, 0.15) is 201 Å². The SMILES string of the molecule is CC/C=C\C/C=C\C/C=C\C/C=C\C/C=C\CC(=O)OCC(COC1OC(C(=O)O)C(O)C(O)C1OC(=O)CCCCCCC/C=C\C/C=C\CCC)OC(=O)CCCCCCC/C=C\CCCCCC. The number of aliphatic hydroxyl groups is 2. The molecule has 0 saturated carbocycles. The van der Waals surface area contributed by atoms with Gasteiger partial charge in [-0.25, -0.2) is 4.79 Å². The highest BCUT2D eigenvalue weighted by Gasteiger charge is 2.50. The van der Waals surface area contributed by atoms with Crippen molar-refractivity contribution in [3.05, 3.63) is 97.2 Å². The van der Waals surface area contributed by atoms with Gasteiger partial charge in [0.15, 0.2) is 24.6 Å². The van der Waals surface area contributed by atoms with Gasteiger partial charge < -0.3 is 39.0 Å². The average Bonchev–Trinajstić information content (AvgIpc) is 3.35. The molecule has 1 aliphatic rings. The minimum absolute atomic E-state index is 0.0213. The molecule has 0 aromatic carbocycles. The molecule has 6 unspecified atom stereocenters. The molecule has 1 heterocycles. The second kappa shape index (κ2) is 46.7. The van der Waals surface area contributed by atoms with E-state index in [1.165, 1.54) is 25.7 Å². The molecule has 6 atom stereocenters. The van der Waals surface area contributed by atoms with E-state index in [9.17, 15) is 34.5 Å². The number of carboxylic acid groups (broad SMARTS) is 1. The van der Waals surface area contributed by atoms with E-state index < -0.39 is 67.3 Å². The van der Waals surface area contributed by atoms with E-state index in [0.29, 0.717) is 19.3 Å². The van der Waals surface area contributed by atoms with Crippen molar-refractivity contribution in [2.45, 2.75) is 237 Å². The highest BCUT2D eigenvalue weighted by molar-refractivity contribution is 5.74. The number of carboxylic acids is 1. The number of aliphatic hydroxyl groups excluding tert-OH is 2. The lowest BCUT2D eigenvalue weighted by atomic mass is 9.98. The van der Waals surface area contributed by atoms with Crippen LogP contribution in [-0.2, 0) is 42.9 Å². The van der Waals surface area contributed by atoms with E-state index in [1.807, 2.05) is 12.2 Å². The third kappa shape index (κ3) is 37.1. The summed E-state index contributed by atoms with van der Waals surface area (Å²) >= 11 is 0. The maximum atomic E-state index is 13.1. The van der Waals surface area contributed by atoms with E-state index in [1.54, 1.807) is 6.08 Å². The first kappa shape index (κ1) is 64.7. The molecule has 0 spiro atoms. The van der Waals surface area contributed by atoms with Gasteiger partial charge in [-0.15, -0.1) is 0 Å². The molecule has 1 aliphatic heterocycles. The summed E-state index contributed by atoms with van der Waals surface area (Å²) in [6, 6.07) is 0. The molecule has 0 radical (unpaired) electrons. The van der Waals surface area contributed by atoms with E-state index >= 15 is 0 Å². The normalized spacial score (nSPS) is 19.3. The van der Waals surface area contributed by atoms with E-state index in [4.69, 9.17) is 23.7 Å². The van der Waals surface area contributed by atoms with Gasteiger partial charge in [0.05, 0.1) is 13.0 Å². The Hall–Kier alpha value is -4.36. The van der Waals surface area contributed by atoms with E-state index in [-0.39, 0.29) is 25.9 Å². The molecule has 0 aromatic heterocycles. The molecule has 0 amide bonds. The van der Waals surface area contributed by atoms with Crippen LogP contribution in [0.5, 0.6) is 0 Å². The number of rotatable bonds is 44. The third-order valence-corrected chi connectivity index (χ3v) is 11.6. The number of unbranched alkanes of at least 4 members (excludes halogenated alkanes) is 15. The summed E-state index contributed by atoms with van der Waals surface area (Å²) in [5.74, 6) is -3.33. The zero-order valence-electron chi connectivity index (χ0n) is 43.9. The molecule has 1 saturated heterocycles. The molecule has 1 rings (SSSR count). The summed E-state index contributed by atoms with van der Waals surface area (Å²) < 4.78 is 28.2. The molecule has 0 aliphatic carbocycles.